The lowest BCUT2D eigenvalue weighted by Gasteiger charge is -1.99. The summed E-state index contributed by atoms with van der Waals surface area (Å²) in [7, 11) is 0. The quantitative estimate of drug-likeness (QED) is 0.237. The third kappa shape index (κ3) is 3.09. The minimum atomic E-state index is 0.729. The Morgan fingerprint density at radius 3 is 1.88 bits per heavy atom. The second kappa shape index (κ2) is 8.41. The summed E-state index contributed by atoms with van der Waals surface area (Å²) >= 11 is 0. The van der Waals surface area contributed by atoms with E-state index >= 15 is 0 Å². The highest BCUT2D eigenvalue weighted by molar-refractivity contribution is 6.06. The zero-order valence-electron chi connectivity index (χ0n) is 21.4. The maximum absolute atomic E-state index is 4.67. The number of nitrogens with zero attached hydrogens (tertiary/aromatic N) is 7. The molecule has 2 aliphatic rings. The minimum Gasteiger partial charge on any atom is -0.299 e. The van der Waals surface area contributed by atoms with Crippen LogP contribution in [-0.4, -0.2) is 34.0 Å². The van der Waals surface area contributed by atoms with Gasteiger partial charge in [0.05, 0.1) is 52.7 Å². The van der Waals surface area contributed by atoms with E-state index in [0.717, 1.165) is 72.4 Å². The molecule has 0 radical (unpaired) electrons. The highest BCUT2D eigenvalue weighted by atomic mass is 15.1. The fourth-order valence-corrected chi connectivity index (χ4v) is 5.80. The molecule has 40 heavy (non-hydrogen) atoms. The monoisotopic (exact) mass is 515 g/mol. The maximum Gasteiger partial charge on any atom is 0.113 e. The fraction of sp³-hybridized carbons (Fsp3) is 0. The van der Waals surface area contributed by atoms with Gasteiger partial charge in [0.1, 0.15) is 5.69 Å². The molecule has 2 aromatic carbocycles. The van der Waals surface area contributed by atoms with Crippen molar-refractivity contribution in [3.63, 3.8) is 0 Å². The van der Waals surface area contributed by atoms with Crippen LogP contribution in [0.2, 0.25) is 0 Å². The Kier molecular flexibility index (Phi) is 4.69. The van der Waals surface area contributed by atoms with Gasteiger partial charge in [-0.2, -0.15) is 0 Å². The van der Waals surface area contributed by atoms with Crippen LogP contribution in [0.15, 0.2) is 80.8 Å². The smallest absolute Gasteiger partial charge is 0.113 e. The molecule has 2 aliphatic heterocycles. The Balaban J connectivity index is 1.17. The summed E-state index contributed by atoms with van der Waals surface area (Å²) in [5, 5.41) is 13.3. The Bertz CT molecular complexity index is 2260. The SMILES string of the molecule is C=Cc1c(/C=C/c2ccc3c(/C=C/c4c(C=C)c5ccc6cncn4c65)nnc-3cn2)n2cncc3ccc1c32. The second-order valence-electron chi connectivity index (χ2n) is 9.70. The third-order valence-electron chi connectivity index (χ3n) is 7.63. The summed E-state index contributed by atoms with van der Waals surface area (Å²) in [6.07, 6.45) is 21.1. The summed E-state index contributed by atoms with van der Waals surface area (Å²) in [6, 6.07) is 12.4. The predicted octanol–water partition coefficient (Wildman–Crippen LogP) is 7.08. The molecule has 188 valence electrons. The van der Waals surface area contributed by atoms with Crippen LogP contribution in [0.1, 0.15) is 33.9 Å². The van der Waals surface area contributed by atoms with E-state index in [1.165, 1.54) is 5.39 Å². The number of fused-ring (bicyclic) bond motifs is 1. The molecule has 7 nitrogen and oxygen atoms in total. The Morgan fingerprint density at radius 1 is 0.625 bits per heavy atom. The molecule has 0 unspecified atom stereocenters. The summed E-state index contributed by atoms with van der Waals surface area (Å²) in [6.45, 7) is 8.10. The Labute approximate surface area is 228 Å². The first kappa shape index (κ1) is 22.3. The predicted molar refractivity (Wildman–Crippen MR) is 162 cm³/mol. The normalized spacial score (nSPS) is 12.5. The van der Waals surface area contributed by atoms with Gasteiger partial charge in [-0.3, -0.25) is 13.8 Å². The molecule has 6 heterocycles. The van der Waals surface area contributed by atoms with E-state index in [9.17, 15) is 0 Å². The fourth-order valence-electron chi connectivity index (χ4n) is 5.80. The van der Waals surface area contributed by atoms with Crippen LogP contribution >= 0.6 is 0 Å². The van der Waals surface area contributed by atoms with Crippen molar-refractivity contribution in [1.29, 1.82) is 0 Å². The average Bonchev–Trinajstić information content (AvgIpc) is 3.78. The molecule has 0 aliphatic carbocycles. The summed E-state index contributed by atoms with van der Waals surface area (Å²) in [5.41, 5.74) is 9.70. The van der Waals surface area contributed by atoms with Gasteiger partial charge < -0.3 is 0 Å². The van der Waals surface area contributed by atoms with Gasteiger partial charge in [-0.25, -0.2) is 9.97 Å². The second-order valence-corrected chi connectivity index (χ2v) is 9.70. The zero-order valence-corrected chi connectivity index (χ0v) is 21.4. The van der Waals surface area contributed by atoms with E-state index in [1.807, 2.05) is 61.5 Å². The Hall–Kier alpha value is -5.69. The molecule has 0 N–H and O–H groups in total. The average molecular weight is 516 g/mol. The summed E-state index contributed by atoms with van der Waals surface area (Å²) in [4.78, 5) is 13.5. The van der Waals surface area contributed by atoms with Gasteiger partial charge in [-0.15, -0.1) is 10.2 Å². The lowest BCUT2D eigenvalue weighted by atomic mass is 10.1. The standard InChI is InChI=1S/C33H21N7/c1-3-23-25-9-5-20-15-34-18-39(32(20)25)30(23)13-8-22-7-11-27-28(37-38-29(27)17-36-22)12-14-31-24(4-2)26-10-6-21-16-35-19-40(31)33(21)26/h3-19H,1-2H2/b13-8+,14-12+. The molecule has 0 saturated heterocycles. The molecule has 0 spiro atoms. The topological polar surface area (TPSA) is 73.3 Å². The van der Waals surface area contributed by atoms with E-state index in [-0.39, 0.29) is 0 Å². The third-order valence-corrected chi connectivity index (χ3v) is 7.63. The van der Waals surface area contributed by atoms with Gasteiger partial charge in [0.2, 0.25) is 0 Å². The molecule has 4 aromatic heterocycles. The van der Waals surface area contributed by atoms with Gasteiger partial charge in [-0.1, -0.05) is 49.6 Å². The van der Waals surface area contributed by atoms with E-state index in [1.54, 1.807) is 6.20 Å². The molecular formula is C33H21N7. The van der Waals surface area contributed by atoms with Crippen LogP contribution in [0.25, 0.3) is 80.3 Å². The number of hydrogen-bond donors (Lipinski definition) is 0. The van der Waals surface area contributed by atoms with Gasteiger partial charge >= 0.3 is 0 Å². The zero-order chi connectivity index (χ0) is 26.8. The maximum atomic E-state index is 4.67. The van der Waals surface area contributed by atoms with E-state index < -0.39 is 0 Å². The van der Waals surface area contributed by atoms with Crippen LogP contribution in [-0.2, 0) is 0 Å². The van der Waals surface area contributed by atoms with Crippen molar-refractivity contribution in [2.45, 2.75) is 0 Å². The molecule has 0 bridgehead atoms. The van der Waals surface area contributed by atoms with Crippen molar-refractivity contribution in [3.8, 4) is 11.3 Å². The highest BCUT2D eigenvalue weighted by Gasteiger charge is 2.16. The van der Waals surface area contributed by atoms with Gasteiger partial charge in [0.15, 0.2) is 0 Å². The van der Waals surface area contributed by atoms with Gasteiger partial charge in [0.25, 0.3) is 0 Å². The van der Waals surface area contributed by atoms with Crippen molar-refractivity contribution in [2.75, 3.05) is 0 Å². The van der Waals surface area contributed by atoms with Crippen LogP contribution in [0.3, 0.4) is 0 Å². The number of rotatable bonds is 6. The van der Waals surface area contributed by atoms with Crippen LogP contribution < -0.4 is 0 Å². The molecule has 8 rings (SSSR count). The van der Waals surface area contributed by atoms with E-state index in [0.29, 0.717) is 0 Å². The molecule has 0 amide bonds. The Morgan fingerprint density at radius 2 is 1.25 bits per heavy atom. The van der Waals surface area contributed by atoms with Crippen molar-refractivity contribution in [2.24, 2.45) is 0 Å². The van der Waals surface area contributed by atoms with Gasteiger partial charge in [0, 0.05) is 50.6 Å². The molecular weight excluding hydrogens is 494 g/mol. The first-order valence-electron chi connectivity index (χ1n) is 12.9. The van der Waals surface area contributed by atoms with Crippen LogP contribution in [0.4, 0.5) is 0 Å². The first-order valence-corrected chi connectivity index (χ1v) is 12.9. The summed E-state index contributed by atoms with van der Waals surface area (Å²) < 4.78 is 4.20. The molecule has 6 aromatic rings. The van der Waals surface area contributed by atoms with Crippen molar-refractivity contribution >= 4 is 69.0 Å². The lowest BCUT2D eigenvalue weighted by molar-refractivity contribution is 1.08. The van der Waals surface area contributed by atoms with E-state index in [4.69, 9.17) is 0 Å². The molecule has 0 saturated carbocycles. The molecule has 0 atom stereocenters. The number of aromatic nitrogens is 7. The van der Waals surface area contributed by atoms with Crippen molar-refractivity contribution in [1.82, 2.24) is 34.0 Å². The lowest BCUT2D eigenvalue weighted by Crippen LogP contribution is -1.89. The van der Waals surface area contributed by atoms with Crippen molar-refractivity contribution in [3.05, 3.63) is 115 Å². The van der Waals surface area contributed by atoms with Crippen LogP contribution in [0, 0.1) is 0 Å². The number of hydrogen-bond acceptors (Lipinski definition) is 5. The van der Waals surface area contributed by atoms with Gasteiger partial charge in [-0.05, 0) is 36.4 Å². The molecule has 7 heteroatoms. The van der Waals surface area contributed by atoms with Crippen molar-refractivity contribution < 1.29 is 0 Å². The largest absolute Gasteiger partial charge is 0.299 e. The van der Waals surface area contributed by atoms with E-state index in [2.05, 4.69) is 83.5 Å². The molecule has 0 fully saturated rings. The minimum absolute atomic E-state index is 0.729. The summed E-state index contributed by atoms with van der Waals surface area (Å²) in [5.74, 6) is 0. The highest BCUT2D eigenvalue weighted by Crippen LogP contribution is 2.34. The van der Waals surface area contributed by atoms with Crippen LogP contribution in [0.5, 0.6) is 0 Å². The first-order chi connectivity index (χ1) is 19.7.